The van der Waals surface area contributed by atoms with E-state index >= 15 is 0 Å². The molecule has 0 unspecified atom stereocenters. The largest absolute Gasteiger partial charge is 0.370 e. The number of nitrogens with zero attached hydrogens (tertiary/aromatic N) is 6. The summed E-state index contributed by atoms with van der Waals surface area (Å²) < 4.78 is 9.56. The molecule has 0 N–H and O–H groups in total. The number of piperidine rings is 1. The summed E-state index contributed by atoms with van der Waals surface area (Å²) in [5.41, 5.74) is 0.979. The van der Waals surface area contributed by atoms with Crippen LogP contribution in [0.15, 0.2) is 24.7 Å². The van der Waals surface area contributed by atoms with Gasteiger partial charge in [-0.15, -0.1) is 5.10 Å². The van der Waals surface area contributed by atoms with Gasteiger partial charge in [0.1, 0.15) is 0 Å². The van der Waals surface area contributed by atoms with E-state index in [1.54, 1.807) is 17.1 Å². The first-order valence-electron chi connectivity index (χ1n) is 7.57. The molecule has 8 heteroatoms. The van der Waals surface area contributed by atoms with Crippen LogP contribution in [0.4, 0.5) is 0 Å². The van der Waals surface area contributed by atoms with Crippen LogP contribution in [0.5, 0.6) is 0 Å². The SMILES string of the molecule is O=C(CCn1cccn1)N1CC[C@@H]2OCc3cnnn3[C@@H]2C1. The van der Waals surface area contributed by atoms with Crippen molar-refractivity contribution < 1.29 is 9.53 Å². The molecule has 2 aliphatic heterocycles. The van der Waals surface area contributed by atoms with Gasteiger partial charge in [0.2, 0.25) is 5.91 Å². The van der Waals surface area contributed by atoms with Crippen molar-refractivity contribution in [1.29, 1.82) is 0 Å². The highest BCUT2D eigenvalue weighted by Gasteiger charge is 2.37. The van der Waals surface area contributed by atoms with Crippen LogP contribution in [-0.4, -0.2) is 54.8 Å². The van der Waals surface area contributed by atoms with E-state index in [9.17, 15) is 4.79 Å². The van der Waals surface area contributed by atoms with Crippen LogP contribution in [-0.2, 0) is 22.7 Å². The van der Waals surface area contributed by atoms with Crippen molar-refractivity contribution in [3.63, 3.8) is 0 Å². The Bertz CT molecular complexity index is 652. The highest BCUT2D eigenvalue weighted by molar-refractivity contribution is 5.76. The van der Waals surface area contributed by atoms with Crippen LogP contribution in [0.25, 0.3) is 0 Å². The lowest BCUT2D eigenvalue weighted by molar-refractivity contribution is -0.138. The fraction of sp³-hybridized carbons (Fsp3) is 0.571. The lowest BCUT2D eigenvalue weighted by atomic mass is 10.00. The van der Waals surface area contributed by atoms with E-state index < -0.39 is 0 Å². The zero-order valence-electron chi connectivity index (χ0n) is 12.2. The highest BCUT2D eigenvalue weighted by Crippen LogP contribution is 2.30. The zero-order valence-corrected chi connectivity index (χ0v) is 12.2. The summed E-state index contributed by atoms with van der Waals surface area (Å²) in [7, 11) is 0. The Morgan fingerprint density at radius 3 is 3.27 bits per heavy atom. The predicted octanol–water partition coefficient (Wildman–Crippen LogP) is 0.237. The Kier molecular flexibility index (Phi) is 3.38. The average molecular weight is 302 g/mol. The monoisotopic (exact) mass is 302 g/mol. The molecule has 22 heavy (non-hydrogen) atoms. The number of ether oxygens (including phenoxy) is 1. The number of aromatic nitrogens is 5. The Hall–Kier alpha value is -2.22. The van der Waals surface area contributed by atoms with Gasteiger partial charge in [0.15, 0.2) is 0 Å². The number of hydrogen-bond donors (Lipinski definition) is 0. The number of aryl methyl sites for hydroxylation is 1. The molecule has 4 heterocycles. The molecule has 1 amide bonds. The van der Waals surface area contributed by atoms with E-state index in [1.165, 1.54) is 0 Å². The van der Waals surface area contributed by atoms with Crippen LogP contribution < -0.4 is 0 Å². The van der Waals surface area contributed by atoms with Crippen molar-refractivity contribution >= 4 is 5.91 Å². The molecular weight excluding hydrogens is 284 g/mol. The molecule has 1 fully saturated rings. The number of amides is 1. The van der Waals surface area contributed by atoms with Gasteiger partial charge < -0.3 is 9.64 Å². The highest BCUT2D eigenvalue weighted by atomic mass is 16.5. The third-order valence-corrected chi connectivity index (χ3v) is 4.40. The van der Waals surface area contributed by atoms with E-state index in [0.29, 0.717) is 26.1 Å². The lowest BCUT2D eigenvalue weighted by Crippen LogP contribution is -2.50. The van der Waals surface area contributed by atoms with Gasteiger partial charge in [0.25, 0.3) is 0 Å². The second kappa shape index (κ2) is 5.53. The summed E-state index contributed by atoms with van der Waals surface area (Å²) in [4.78, 5) is 14.3. The number of carbonyl (C=O) groups excluding carboxylic acids is 1. The molecular formula is C14H18N6O2. The summed E-state index contributed by atoms with van der Waals surface area (Å²) in [6.45, 7) is 2.55. The molecule has 0 spiro atoms. The van der Waals surface area contributed by atoms with Gasteiger partial charge in [-0.25, -0.2) is 4.68 Å². The van der Waals surface area contributed by atoms with Crippen LogP contribution >= 0.6 is 0 Å². The van der Waals surface area contributed by atoms with Crippen molar-refractivity contribution in [3.05, 3.63) is 30.4 Å². The molecule has 2 aliphatic rings. The Morgan fingerprint density at radius 1 is 1.45 bits per heavy atom. The Labute approximate surface area is 127 Å². The van der Waals surface area contributed by atoms with Crippen molar-refractivity contribution in [2.24, 2.45) is 0 Å². The second-order valence-electron chi connectivity index (χ2n) is 5.73. The number of carbonyl (C=O) groups is 1. The molecule has 0 aromatic carbocycles. The van der Waals surface area contributed by atoms with Crippen molar-refractivity contribution in [2.75, 3.05) is 13.1 Å². The molecule has 116 valence electrons. The molecule has 2 aromatic rings. The van der Waals surface area contributed by atoms with Gasteiger partial charge >= 0.3 is 0 Å². The first kappa shape index (κ1) is 13.4. The second-order valence-corrected chi connectivity index (χ2v) is 5.73. The fourth-order valence-electron chi connectivity index (χ4n) is 3.21. The minimum atomic E-state index is 0.0775. The van der Waals surface area contributed by atoms with Gasteiger partial charge in [-0.3, -0.25) is 9.48 Å². The van der Waals surface area contributed by atoms with Gasteiger partial charge in [0.05, 0.1) is 30.6 Å². The lowest BCUT2D eigenvalue weighted by Gasteiger charge is -2.41. The maximum atomic E-state index is 12.4. The summed E-state index contributed by atoms with van der Waals surface area (Å²) in [6, 6.07) is 1.94. The van der Waals surface area contributed by atoms with Crippen LogP contribution in [0.2, 0.25) is 0 Å². The van der Waals surface area contributed by atoms with E-state index in [1.807, 2.05) is 21.8 Å². The summed E-state index contributed by atoms with van der Waals surface area (Å²) in [5, 5.41) is 12.2. The van der Waals surface area contributed by atoms with Crippen LogP contribution in [0.3, 0.4) is 0 Å². The number of likely N-dealkylation sites (tertiary alicyclic amines) is 1. The van der Waals surface area contributed by atoms with E-state index in [4.69, 9.17) is 4.74 Å². The predicted molar refractivity (Wildman–Crippen MR) is 75.7 cm³/mol. The van der Waals surface area contributed by atoms with Crippen molar-refractivity contribution in [1.82, 2.24) is 29.7 Å². The normalized spacial score (nSPS) is 23.9. The van der Waals surface area contributed by atoms with Gasteiger partial charge in [-0.2, -0.15) is 5.10 Å². The minimum Gasteiger partial charge on any atom is -0.370 e. The van der Waals surface area contributed by atoms with Crippen LogP contribution in [0, 0.1) is 0 Å². The van der Waals surface area contributed by atoms with Crippen molar-refractivity contribution in [2.45, 2.75) is 38.1 Å². The topological polar surface area (TPSA) is 78.1 Å². The number of hydrogen-bond acceptors (Lipinski definition) is 5. The quantitative estimate of drug-likeness (QED) is 0.811. The maximum absolute atomic E-state index is 12.4. The zero-order chi connectivity index (χ0) is 14.9. The molecule has 8 nitrogen and oxygen atoms in total. The first-order chi connectivity index (χ1) is 10.8. The molecule has 0 bridgehead atoms. The molecule has 0 aliphatic carbocycles. The molecule has 0 saturated carbocycles. The van der Waals surface area contributed by atoms with E-state index in [0.717, 1.165) is 18.7 Å². The first-order valence-corrected chi connectivity index (χ1v) is 7.57. The molecule has 2 aromatic heterocycles. The van der Waals surface area contributed by atoms with Gasteiger partial charge in [-0.05, 0) is 12.5 Å². The van der Waals surface area contributed by atoms with E-state index in [-0.39, 0.29) is 18.1 Å². The van der Waals surface area contributed by atoms with Gasteiger partial charge in [-0.1, -0.05) is 5.21 Å². The van der Waals surface area contributed by atoms with Crippen molar-refractivity contribution in [3.8, 4) is 0 Å². The molecule has 2 atom stereocenters. The Morgan fingerprint density at radius 2 is 2.41 bits per heavy atom. The van der Waals surface area contributed by atoms with E-state index in [2.05, 4.69) is 15.4 Å². The fourth-order valence-corrected chi connectivity index (χ4v) is 3.21. The number of fused-ring (bicyclic) bond motifs is 3. The third-order valence-electron chi connectivity index (χ3n) is 4.40. The molecule has 0 radical (unpaired) electrons. The van der Waals surface area contributed by atoms with Crippen LogP contribution in [0.1, 0.15) is 24.6 Å². The van der Waals surface area contributed by atoms with Gasteiger partial charge in [0, 0.05) is 38.4 Å². The third kappa shape index (κ3) is 2.39. The summed E-state index contributed by atoms with van der Waals surface area (Å²) >= 11 is 0. The smallest absolute Gasteiger partial charge is 0.224 e. The maximum Gasteiger partial charge on any atom is 0.224 e. The summed E-state index contributed by atoms with van der Waals surface area (Å²) in [5.74, 6) is 0.154. The summed E-state index contributed by atoms with van der Waals surface area (Å²) in [6.07, 6.45) is 6.76. The standard InChI is InChI=1S/C14H18N6O2/c21-14(3-7-19-5-1-4-16-19)18-6-2-13-12(9-18)20-11(10-22-13)8-15-17-20/h1,4-5,8,12-13H,2-3,6-7,9-10H2/t12-,13+/m1/s1. The molecule has 4 rings (SSSR count). The Balaban J connectivity index is 1.41. The average Bonchev–Trinajstić information content (AvgIpc) is 3.23. The number of rotatable bonds is 3. The minimum absolute atomic E-state index is 0.0775. The molecule has 1 saturated heterocycles.